The van der Waals surface area contributed by atoms with Crippen LogP contribution >= 0.6 is 0 Å². The molecule has 0 fully saturated rings. The van der Waals surface area contributed by atoms with Crippen LogP contribution in [0.4, 0.5) is 0 Å². The molecule has 2 rings (SSSR count). The van der Waals surface area contributed by atoms with Gasteiger partial charge in [0.25, 0.3) is 11.8 Å². The first-order chi connectivity index (χ1) is 6.75. The van der Waals surface area contributed by atoms with Gasteiger partial charge in [0, 0.05) is 0 Å². The maximum absolute atomic E-state index is 11.6. The fourth-order valence-electron chi connectivity index (χ4n) is 1.47. The van der Waals surface area contributed by atoms with E-state index in [0.29, 0.717) is 11.1 Å². The zero-order valence-corrected chi connectivity index (χ0v) is 7.36. The van der Waals surface area contributed by atoms with Gasteiger partial charge in [0.2, 0.25) is 0 Å². The summed E-state index contributed by atoms with van der Waals surface area (Å²) in [6.45, 7) is 0.0341. The summed E-state index contributed by atoms with van der Waals surface area (Å²) in [7, 11) is 0. The van der Waals surface area contributed by atoms with E-state index in [-0.39, 0.29) is 18.5 Å². The van der Waals surface area contributed by atoms with E-state index in [1.807, 2.05) is 0 Å². The van der Waals surface area contributed by atoms with Crippen molar-refractivity contribution < 1.29 is 9.59 Å². The largest absolute Gasteiger partial charge is 0.270 e. The summed E-state index contributed by atoms with van der Waals surface area (Å²) in [6, 6.07) is 6.71. The molecule has 0 atom stereocenters. The minimum atomic E-state index is -0.302. The number of amides is 2. The van der Waals surface area contributed by atoms with Crippen molar-refractivity contribution >= 4 is 11.8 Å². The number of nitrogens with zero attached hydrogens (tertiary/aromatic N) is 1. The summed E-state index contributed by atoms with van der Waals surface area (Å²) >= 11 is 0. The third kappa shape index (κ3) is 1.11. The average molecular weight is 191 g/mol. The Bertz CT molecular complexity index is 368. The quantitative estimate of drug-likeness (QED) is 0.382. The van der Waals surface area contributed by atoms with E-state index in [0.717, 1.165) is 4.90 Å². The Morgan fingerprint density at radius 3 is 2.07 bits per heavy atom. The number of nitrogens with two attached hydrogens (primary N) is 1. The van der Waals surface area contributed by atoms with Crippen molar-refractivity contribution in [2.75, 3.05) is 6.67 Å². The molecule has 2 amide bonds. The number of nitrogens with one attached hydrogen (secondary N) is 1. The van der Waals surface area contributed by atoms with E-state index in [9.17, 15) is 9.59 Å². The first-order valence-electron chi connectivity index (χ1n) is 4.14. The molecule has 1 aliphatic rings. The molecule has 0 spiro atoms. The van der Waals surface area contributed by atoms with Crippen LogP contribution in [0.15, 0.2) is 24.3 Å². The minimum Gasteiger partial charge on any atom is -0.270 e. The van der Waals surface area contributed by atoms with E-state index in [2.05, 4.69) is 5.43 Å². The minimum absolute atomic E-state index is 0.0341. The first kappa shape index (κ1) is 8.86. The number of hydrogen-bond donors (Lipinski definition) is 2. The maximum Gasteiger partial charge on any atom is 0.262 e. The van der Waals surface area contributed by atoms with Crippen molar-refractivity contribution in [3.8, 4) is 0 Å². The highest BCUT2D eigenvalue weighted by Crippen LogP contribution is 2.21. The molecule has 72 valence electrons. The summed E-state index contributed by atoms with van der Waals surface area (Å²) in [5.41, 5.74) is 3.17. The third-order valence-corrected chi connectivity index (χ3v) is 2.13. The molecule has 0 unspecified atom stereocenters. The van der Waals surface area contributed by atoms with Gasteiger partial charge in [-0.2, -0.15) is 0 Å². The molecule has 5 nitrogen and oxygen atoms in total. The van der Waals surface area contributed by atoms with Crippen LogP contribution in [0.2, 0.25) is 0 Å². The number of imide groups is 1. The van der Waals surface area contributed by atoms with Crippen LogP contribution in [-0.4, -0.2) is 23.4 Å². The fourth-order valence-corrected chi connectivity index (χ4v) is 1.47. The number of benzene rings is 1. The summed E-state index contributed by atoms with van der Waals surface area (Å²) < 4.78 is 0. The molecule has 3 N–H and O–H groups in total. The number of fused-ring (bicyclic) bond motifs is 1. The lowest BCUT2D eigenvalue weighted by Crippen LogP contribution is -2.41. The van der Waals surface area contributed by atoms with Crippen LogP contribution in [0.3, 0.4) is 0 Å². The second kappa shape index (κ2) is 3.21. The summed E-state index contributed by atoms with van der Waals surface area (Å²) in [5.74, 6) is 4.47. The Labute approximate surface area is 80.5 Å². The predicted molar refractivity (Wildman–Crippen MR) is 49.1 cm³/mol. The van der Waals surface area contributed by atoms with E-state index in [1.54, 1.807) is 24.3 Å². The van der Waals surface area contributed by atoms with Crippen molar-refractivity contribution in [1.29, 1.82) is 0 Å². The lowest BCUT2D eigenvalue weighted by Gasteiger charge is -2.11. The topological polar surface area (TPSA) is 75.4 Å². The van der Waals surface area contributed by atoms with Gasteiger partial charge >= 0.3 is 0 Å². The van der Waals surface area contributed by atoms with Crippen LogP contribution in [0.5, 0.6) is 0 Å². The number of carbonyl (C=O) groups excluding carboxylic acids is 2. The maximum atomic E-state index is 11.6. The van der Waals surface area contributed by atoms with Gasteiger partial charge in [-0.25, -0.2) is 5.43 Å². The molecule has 1 aromatic carbocycles. The average Bonchev–Trinajstić information content (AvgIpc) is 2.45. The van der Waals surface area contributed by atoms with E-state index < -0.39 is 0 Å². The van der Waals surface area contributed by atoms with Crippen LogP contribution in [0.25, 0.3) is 0 Å². The molecule has 0 radical (unpaired) electrons. The van der Waals surface area contributed by atoms with Crippen LogP contribution in [0, 0.1) is 0 Å². The Morgan fingerprint density at radius 1 is 1.14 bits per heavy atom. The van der Waals surface area contributed by atoms with Gasteiger partial charge in [-0.05, 0) is 12.1 Å². The molecule has 1 aliphatic heterocycles. The van der Waals surface area contributed by atoms with Crippen molar-refractivity contribution in [2.45, 2.75) is 0 Å². The Balaban J connectivity index is 2.43. The molecule has 1 heterocycles. The predicted octanol–water partition coefficient (Wildman–Crippen LogP) is -0.297. The highest BCUT2D eigenvalue weighted by Gasteiger charge is 2.34. The Hall–Kier alpha value is -1.72. The molecule has 1 aromatic rings. The van der Waals surface area contributed by atoms with E-state index in [1.165, 1.54) is 0 Å². The Morgan fingerprint density at radius 2 is 1.64 bits per heavy atom. The van der Waals surface area contributed by atoms with Crippen LogP contribution < -0.4 is 11.3 Å². The van der Waals surface area contributed by atoms with Crippen molar-refractivity contribution in [3.63, 3.8) is 0 Å². The number of carbonyl (C=O) groups is 2. The van der Waals surface area contributed by atoms with Gasteiger partial charge in [-0.15, -0.1) is 0 Å². The molecule has 5 heteroatoms. The van der Waals surface area contributed by atoms with Gasteiger partial charge in [-0.1, -0.05) is 12.1 Å². The normalized spacial score (nSPS) is 14.8. The third-order valence-electron chi connectivity index (χ3n) is 2.13. The van der Waals surface area contributed by atoms with Gasteiger partial charge in [0.1, 0.15) is 0 Å². The van der Waals surface area contributed by atoms with Crippen molar-refractivity contribution in [1.82, 2.24) is 10.3 Å². The molecule has 0 bridgehead atoms. The summed E-state index contributed by atoms with van der Waals surface area (Å²) in [4.78, 5) is 24.3. The van der Waals surface area contributed by atoms with Crippen molar-refractivity contribution in [2.24, 2.45) is 5.84 Å². The van der Waals surface area contributed by atoms with E-state index >= 15 is 0 Å². The lowest BCUT2D eigenvalue weighted by atomic mass is 10.1. The van der Waals surface area contributed by atoms with Crippen LogP contribution in [-0.2, 0) is 0 Å². The zero-order valence-electron chi connectivity index (χ0n) is 7.36. The number of rotatable bonds is 2. The number of hydrogen-bond acceptors (Lipinski definition) is 4. The molecule has 0 saturated carbocycles. The highest BCUT2D eigenvalue weighted by molar-refractivity contribution is 6.21. The number of hydrazine groups is 1. The highest BCUT2D eigenvalue weighted by atomic mass is 16.2. The summed E-state index contributed by atoms with van der Waals surface area (Å²) in [5, 5.41) is 0. The smallest absolute Gasteiger partial charge is 0.262 e. The van der Waals surface area contributed by atoms with E-state index in [4.69, 9.17) is 5.84 Å². The Kier molecular flexibility index (Phi) is 2.03. The van der Waals surface area contributed by atoms with Gasteiger partial charge in [0.05, 0.1) is 17.8 Å². The zero-order chi connectivity index (χ0) is 10.1. The second-order valence-corrected chi connectivity index (χ2v) is 2.95. The SMILES string of the molecule is NNCN1C(=O)c2ccccc2C1=O. The second-order valence-electron chi connectivity index (χ2n) is 2.95. The standard InChI is InChI=1S/C9H9N3O2/c10-11-5-12-8(13)6-3-1-2-4-7(6)9(12)14/h1-4,11H,5,10H2. The van der Waals surface area contributed by atoms with Crippen molar-refractivity contribution in [3.05, 3.63) is 35.4 Å². The van der Waals surface area contributed by atoms with Gasteiger partial charge in [0.15, 0.2) is 0 Å². The van der Waals surface area contributed by atoms with Gasteiger partial charge in [-0.3, -0.25) is 20.3 Å². The fraction of sp³-hybridized carbons (Fsp3) is 0.111. The molecular weight excluding hydrogens is 182 g/mol. The molecule has 0 aromatic heterocycles. The monoisotopic (exact) mass is 191 g/mol. The molecular formula is C9H9N3O2. The first-order valence-corrected chi connectivity index (χ1v) is 4.14. The lowest BCUT2D eigenvalue weighted by molar-refractivity contribution is 0.0642. The van der Waals surface area contributed by atoms with Gasteiger partial charge < -0.3 is 0 Å². The summed E-state index contributed by atoms with van der Waals surface area (Å²) in [6.07, 6.45) is 0. The molecule has 14 heavy (non-hydrogen) atoms. The molecule has 0 saturated heterocycles. The molecule has 0 aliphatic carbocycles. The van der Waals surface area contributed by atoms with Crippen LogP contribution in [0.1, 0.15) is 20.7 Å².